The van der Waals surface area contributed by atoms with Crippen molar-refractivity contribution in [1.29, 1.82) is 0 Å². The van der Waals surface area contributed by atoms with Crippen molar-refractivity contribution >= 4 is 80.7 Å². The summed E-state index contributed by atoms with van der Waals surface area (Å²) in [6, 6.07) is 50.9. The Morgan fingerprint density at radius 2 is 0.583 bits per heavy atom. The molecule has 34 heteroatoms. The minimum absolute atomic E-state index is 0.222. The number of hydrogen-bond donors (Lipinski definition) is 8. The predicted molar refractivity (Wildman–Crippen MR) is 453 cm³/mol. The summed E-state index contributed by atoms with van der Waals surface area (Å²) in [5.41, 5.74) is 9.21. The molecular weight excluding hydrogens is 1530 g/mol. The second-order valence-electron chi connectivity index (χ2n) is 29.1. The van der Waals surface area contributed by atoms with Crippen molar-refractivity contribution in [2.24, 2.45) is 0 Å². The van der Waals surface area contributed by atoms with Gasteiger partial charge in [-0.3, -0.25) is 13.7 Å². The summed E-state index contributed by atoms with van der Waals surface area (Å²) >= 11 is 0. The highest BCUT2D eigenvalue weighted by Crippen LogP contribution is 2.29. The van der Waals surface area contributed by atoms with E-state index in [1.807, 2.05) is 123 Å². The molecule has 0 aliphatic carbocycles. The smallest absolute Gasteiger partial charge is 0.414 e. The Balaban J connectivity index is 0.000000135. The van der Waals surface area contributed by atoms with Gasteiger partial charge in [-0.15, -0.1) is 0 Å². The van der Waals surface area contributed by atoms with Gasteiger partial charge in [0.1, 0.15) is 17.5 Å². The van der Waals surface area contributed by atoms with Crippen molar-refractivity contribution in [1.82, 2.24) is 102 Å². The predicted octanol–water partition coefficient (Wildman–Crippen LogP) is 11.7. The number of piperidine rings is 3. The number of rotatable bonds is 27. The molecule has 0 atom stereocenters. The number of nitrogens with one attached hydrogen (secondary N) is 6. The molecule has 3 saturated heterocycles. The second-order valence-corrected chi connectivity index (χ2v) is 29.1. The fourth-order valence-electron chi connectivity index (χ4n) is 14.8. The van der Waals surface area contributed by atoms with E-state index in [0.29, 0.717) is 55.6 Å². The molecule has 18 rings (SSSR count). The van der Waals surface area contributed by atoms with Gasteiger partial charge in [-0.25, -0.2) is 82.6 Å². The number of aliphatic carboxylic acids is 2. The normalized spacial score (nSPS) is 14.3. The van der Waals surface area contributed by atoms with Gasteiger partial charge in [0.2, 0.25) is 53.5 Å². The minimum atomic E-state index is -1.82. The maximum atomic E-state index is 13.4. The first kappa shape index (κ1) is 81.2. The number of aromatic nitrogens is 18. The van der Waals surface area contributed by atoms with Crippen LogP contribution in [0.25, 0.3) is 50.9 Å². The van der Waals surface area contributed by atoms with E-state index >= 15 is 0 Å². The molecular formula is C86H92F3N27O4. The summed E-state index contributed by atoms with van der Waals surface area (Å²) in [6.07, 6.45) is 27.4. The van der Waals surface area contributed by atoms with Crippen LogP contribution in [0.2, 0.25) is 0 Å². The number of fused-ring (bicyclic) bond motifs is 3. The van der Waals surface area contributed by atoms with E-state index in [1.165, 1.54) is 36.4 Å². The molecule has 616 valence electrons. The summed E-state index contributed by atoms with van der Waals surface area (Å²) < 4.78 is 52.4. The summed E-state index contributed by atoms with van der Waals surface area (Å²) in [5.74, 6) is 2.32. The molecule has 8 N–H and O–H groups in total. The number of benzene rings is 6. The van der Waals surface area contributed by atoms with Gasteiger partial charge in [-0.1, -0.05) is 72.8 Å². The van der Waals surface area contributed by atoms with Crippen LogP contribution in [-0.4, -0.2) is 221 Å². The van der Waals surface area contributed by atoms with Crippen LogP contribution in [0.15, 0.2) is 238 Å². The van der Waals surface area contributed by atoms with Crippen molar-refractivity contribution in [2.45, 2.75) is 76.3 Å². The van der Waals surface area contributed by atoms with Crippen LogP contribution in [-0.2, 0) is 29.2 Å². The Labute approximate surface area is 689 Å². The number of carbonyl (C=O) groups is 2. The van der Waals surface area contributed by atoms with Crippen molar-refractivity contribution in [3.8, 4) is 17.8 Å². The van der Waals surface area contributed by atoms with Gasteiger partial charge in [0.05, 0.1) is 52.7 Å². The first-order valence-electron chi connectivity index (χ1n) is 40.0. The number of anilines is 6. The topological polar surface area (TPSA) is 341 Å². The zero-order chi connectivity index (χ0) is 82.4. The Kier molecular flexibility index (Phi) is 26.9. The Morgan fingerprint density at radius 1 is 0.325 bits per heavy atom. The molecule has 0 spiro atoms. The SMILES string of the molecule is Fc1ccc(Cn2c(NC3CCN(CCNc4nccn4-c4ncccn4)CC3)nc3ccccc32)cc1.Fc1ccc(Cn2c(NC3CCN(CCNc4nccn4-c4ncccn4)CC3)nc3ccccc32)cc1.Fc1ccc(Cn2c(NC3CCN(CCNc4nccn4-c4ncccn4)CC3)nc3ccccc32)cc1.O=C(O)C(=O)O. The molecule has 0 saturated carbocycles. The van der Waals surface area contributed by atoms with E-state index in [-0.39, 0.29) is 17.5 Å². The fourth-order valence-corrected chi connectivity index (χ4v) is 14.8. The molecule has 31 nitrogen and oxygen atoms in total. The average molecular weight is 1620 g/mol. The summed E-state index contributed by atoms with van der Waals surface area (Å²) in [4.78, 5) is 79.3. The number of carboxylic acid groups (broad SMARTS) is 2. The molecule has 3 aliphatic heterocycles. The third kappa shape index (κ3) is 21.4. The molecule has 0 radical (unpaired) electrons. The van der Waals surface area contributed by atoms with Gasteiger partial charge >= 0.3 is 11.9 Å². The number of carboxylic acids is 2. The molecule has 0 amide bonds. The maximum absolute atomic E-state index is 13.4. The monoisotopic (exact) mass is 1620 g/mol. The largest absolute Gasteiger partial charge is 0.473 e. The fraction of sp³-hybridized carbons (Fsp3) is 0.279. The number of halogens is 3. The molecule has 9 aromatic heterocycles. The lowest BCUT2D eigenvalue weighted by molar-refractivity contribution is -0.159. The molecule has 0 unspecified atom stereocenters. The van der Waals surface area contributed by atoms with Gasteiger partial charge in [0.25, 0.3) is 0 Å². The minimum Gasteiger partial charge on any atom is -0.473 e. The maximum Gasteiger partial charge on any atom is 0.414 e. The molecule has 12 heterocycles. The van der Waals surface area contributed by atoms with Crippen molar-refractivity contribution in [3.63, 3.8) is 0 Å². The van der Waals surface area contributed by atoms with Gasteiger partial charge in [0.15, 0.2) is 0 Å². The standard InChI is InChI=1S/3C28H30FN9.C2H2O4/c3*29-22-8-6-21(7-9-22)20-38-25-5-2-1-4-24(25)35-28(38)34-23-10-16-36(17-11-23)18-14-32-27-33-15-19-37(27)26-30-12-3-13-31-26;3-1(4)2(5)6/h3*1-9,12-13,15,19,23H,10-11,14,16-18,20H2,(H,32,33)(H,34,35);(H,3,4)(H,5,6). The van der Waals surface area contributed by atoms with Crippen LogP contribution in [0.3, 0.4) is 0 Å². The van der Waals surface area contributed by atoms with E-state index in [1.54, 1.807) is 74.0 Å². The Bertz CT molecular complexity index is 5200. The number of hydrogen-bond acceptors (Lipinski definition) is 23. The number of nitrogens with zero attached hydrogens (tertiary/aromatic N) is 21. The van der Waals surface area contributed by atoms with Gasteiger partial charge in [0, 0.05) is 171 Å². The average Bonchev–Trinajstić information content (AvgIpc) is 1.65. The van der Waals surface area contributed by atoms with Crippen LogP contribution in [0, 0.1) is 17.5 Å². The first-order chi connectivity index (χ1) is 58.8. The van der Waals surface area contributed by atoms with E-state index < -0.39 is 11.9 Å². The van der Waals surface area contributed by atoms with Gasteiger partial charge in [-0.05, 0) is 146 Å². The summed E-state index contributed by atoms with van der Waals surface area (Å²) in [7, 11) is 0. The molecule has 3 aliphatic rings. The van der Waals surface area contributed by atoms with Crippen molar-refractivity contribution in [2.75, 3.05) is 110 Å². The second kappa shape index (κ2) is 39.8. The van der Waals surface area contributed by atoms with Gasteiger partial charge < -0.3 is 70.5 Å². The number of para-hydroxylation sites is 6. The number of imidazole rings is 6. The van der Waals surface area contributed by atoms with Crippen LogP contribution in [0.5, 0.6) is 0 Å². The van der Waals surface area contributed by atoms with Crippen LogP contribution >= 0.6 is 0 Å². The summed E-state index contributed by atoms with van der Waals surface area (Å²) in [5, 5.41) is 36.1. The quantitative estimate of drug-likeness (QED) is 0.0222. The van der Waals surface area contributed by atoms with Crippen LogP contribution < -0.4 is 31.9 Å². The molecule has 0 bridgehead atoms. The molecule has 6 aromatic carbocycles. The highest BCUT2D eigenvalue weighted by molar-refractivity contribution is 6.27. The lowest BCUT2D eigenvalue weighted by Crippen LogP contribution is -2.41. The molecule has 3 fully saturated rings. The lowest BCUT2D eigenvalue weighted by atomic mass is 10.1. The highest BCUT2D eigenvalue weighted by atomic mass is 19.1. The first-order valence-corrected chi connectivity index (χ1v) is 40.0. The van der Waals surface area contributed by atoms with Crippen molar-refractivity contribution < 1.29 is 33.0 Å². The number of likely N-dealkylation sites (tertiary alicyclic amines) is 3. The van der Waals surface area contributed by atoms with E-state index in [4.69, 9.17) is 34.8 Å². The highest BCUT2D eigenvalue weighted by Gasteiger charge is 2.26. The third-order valence-corrected chi connectivity index (χ3v) is 21.0. The van der Waals surface area contributed by atoms with Gasteiger partial charge in [-0.2, -0.15) is 0 Å². The van der Waals surface area contributed by atoms with Crippen LogP contribution in [0.1, 0.15) is 55.2 Å². The Hall–Kier alpha value is -14.0. The third-order valence-electron chi connectivity index (χ3n) is 21.0. The van der Waals surface area contributed by atoms with E-state index in [2.05, 4.69) is 123 Å². The van der Waals surface area contributed by atoms with E-state index in [9.17, 15) is 13.2 Å². The molecule has 15 aromatic rings. The summed E-state index contributed by atoms with van der Waals surface area (Å²) in [6.45, 7) is 13.1. The van der Waals surface area contributed by atoms with E-state index in [0.717, 1.165) is 203 Å². The zero-order valence-corrected chi connectivity index (χ0v) is 65.8. The molecule has 120 heavy (non-hydrogen) atoms. The Morgan fingerprint density at radius 3 is 0.842 bits per heavy atom. The van der Waals surface area contributed by atoms with Crippen molar-refractivity contribution in [3.05, 3.63) is 272 Å². The zero-order valence-electron chi connectivity index (χ0n) is 65.8. The van der Waals surface area contributed by atoms with Crippen LogP contribution in [0.4, 0.5) is 48.9 Å². The lowest BCUT2D eigenvalue weighted by Gasteiger charge is -2.32.